The Morgan fingerprint density at radius 2 is 2.00 bits per heavy atom. The third-order valence-corrected chi connectivity index (χ3v) is 4.30. The highest BCUT2D eigenvalue weighted by Gasteiger charge is 2.53. The molecule has 0 aromatic carbocycles. The summed E-state index contributed by atoms with van der Waals surface area (Å²) in [7, 11) is 1.06. The number of hydrogen-bond donors (Lipinski definition) is 1. The highest BCUT2D eigenvalue weighted by molar-refractivity contribution is 6.55. The van der Waals surface area contributed by atoms with Crippen LogP contribution >= 0.6 is 0 Å². The van der Waals surface area contributed by atoms with Gasteiger partial charge in [0, 0.05) is 13.7 Å². The maximum absolute atomic E-state index is 11.3. The fraction of sp³-hybridized carbons (Fsp3) is 0.769. The molecule has 0 aliphatic carbocycles. The molecule has 1 fully saturated rings. The van der Waals surface area contributed by atoms with E-state index >= 15 is 0 Å². The van der Waals surface area contributed by atoms with Gasteiger partial charge in [-0.2, -0.15) is 0 Å². The lowest BCUT2D eigenvalue weighted by Gasteiger charge is -2.32. The van der Waals surface area contributed by atoms with Crippen LogP contribution < -0.4 is 0 Å². The Bertz CT molecular complexity index is 418. The van der Waals surface area contributed by atoms with Gasteiger partial charge in [-0.05, 0) is 33.2 Å². The lowest BCUT2D eigenvalue weighted by atomic mass is 9.78. The second-order valence-corrected chi connectivity index (χ2v) is 6.26. The van der Waals surface area contributed by atoms with Crippen LogP contribution in [0.15, 0.2) is 11.5 Å². The molecule has 112 valence electrons. The third kappa shape index (κ3) is 2.57. The Balaban J connectivity index is 2.15. The van der Waals surface area contributed by atoms with Crippen LogP contribution in [0.4, 0.5) is 4.79 Å². The summed E-state index contributed by atoms with van der Waals surface area (Å²) >= 11 is 0. The number of carbonyl (C=O) groups is 1. The minimum Gasteiger partial charge on any atom is -0.465 e. The molecule has 0 saturated carbocycles. The lowest BCUT2D eigenvalue weighted by molar-refractivity contribution is 0.00578. The lowest BCUT2D eigenvalue weighted by Crippen LogP contribution is -2.41. The predicted octanol–water partition coefficient (Wildman–Crippen LogP) is 1.55. The molecule has 20 heavy (non-hydrogen) atoms. The fourth-order valence-electron chi connectivity index (χ4n) is 2.37. The standard InChI is InChI=1S/C13H22BNO5/c1-12(2)13(3,4)20-14(19-12)9-6-10(8-18-5)15(7-9)11(16)17/h6,10H,7-8H2,1-5H3,(H,16,17). The van der Waals surface area contributed by atoms with Gasteiger partial charge in [-0.1, -0.05) is 6.08 Å². The van der Waals surface area contributed by atoms with Gasteiger partial charge >= 0.3 is 13.2 Å². The zero-order valence-corrected chi connectivity index (χ0v) is 12.7. The second kappa shape index (κ2) is 5.05. The second-order valence-electron chi connectivity index (χ2n) is 6.26. The van der Waals surface area contributed by atoms with Crippen LogP contribution in [0.3, 0.4) is 0 Å². The summed E-state index contributed by atoms with van der Waals surface area (Å²) in [4.78, 5) is 12.6. The van der Waals surface area contributed by atoms with E-state index in [-0.39, 0.29) is 6.04 Å². The molecule has 2 heterocycles. The molecule has 2 aliphatic rings. The molecule has 0 spiro atoms. The minimum atomic E-state index is -0.963. The molecule has 2 aliphatic heterocycles. The first kappa shape index (κ1) is 15.3. The van der Waals surface area contributed by atoms with Crippen molar-refractivity contribution >= 4 is 13.2 Å². The molecule has 1 saturated heterocycles. The first-order valence-corrected chi connectivity index (χ1v) is 6.72. The number of hydrogen-bond acceptors (Lipinski definition) is 4. The molecular formula is C13H22BNO5. The molecule has 6 nitrogen and oxygen atoms in total. The van der Waals surface area contributed by atoms with Crippen molar-refractivity contribution in [1.82, 2.24) is 4.90 Å². The number of methoxy groups -OCH3 is 1. The number of nitrogens with zero attached hydrogens (tertiary/aromatic N) is 1. The maximum Gasteiger partial charge on any atom is 0.492 e. The van der Waals surface area contributed by atoms with Crippen molar-refractivity contribution in [2.75, 3.05) is 20.3 Å². The van der Waals surface area contributed by atoms with Crippen molar-refractivity contribution in [3.8, 4) is 0 Å². The maximum atomic E-state index is 11.3. The SMILES string of the molecule is COCC1C=C(B2OC(C)(C)C(C)(C)O2)CN1C(=O)O. The van der Waals surface area contributed by atoms with E-state index in [1.54, 1.807) is 7.11 Å². The van der Waals surface area contributed by atoms with Crippen molar-refractivity contribution < 1.29 is 23.9 Å². The zero-order valence-electron chi connectivity index (χ0n) is 12.7. The smallest absolute Gasteiger partial charge is 0.465 e. The summed E-state index contributed by atoms with van der Waals surface area (Å²) in [6, 6.07) is -0.286. The van der Waals surface area contributed by atoms with Gasteiger partial charge in [-0.15, -0.1) is 0 Å². The van der Waals surface area contributed by atoms with Crippen LogP contribution in [-0.2, 0) is 14.0 Å². The van der Waals surface area contributed by atoms with Crippen molar-refractivity contribution in [3.63, 3.8) is 0 Å². The van der Waals surface area contributed by atoms with Crippen LogP contribution in [0.1, 0.15) is 27.7 Å². The minimum absolute atomic E-state index is 0.286. The van der Waals surface area contributed by atoms with Crippen LogP contribution in [0.2, 0.25) is 0 Å². The van der Waals surface area contributed by atoms with E-state index in [0.29, 0.717) is 13.2 Å². The zero-order chi connectivity index (χ0) is 15.1. The van der Waals surface area contributed by atoms with Crippen LogP contribution in [0.5, 0.6) is 0 Å². The molecule has 1 amide bonds. The van der Waals surface area contributed by atoms with Gasteiger partial charge in [0.05, 0.1) is 23.9 Å². The molecular weight excluding hydrogens is 261 g/mol. The number of ether oxygens (including phenoxy) is 1. The number of amides is 1. The molecule has 0 radical (unpaired) electrons. The Kier molecular flexibility index (Phi) is 3.88. The Labute approximate surface area is 119 Å². The molecule has 0 aromatic heterocycles. The Morgan fingerprint density at radius 1 is 1.45 bits per heavy atom. The predicted molar refractivity (Wildman–Crippen MR) is 74.6 cm³/mol. The van der Waals surface area contributed by atoms with Gasteiger partial charge in [0.15, 0.2) is 0 Å². The van der Waals surface area contributed by atoms with Crippen molar-refractivity contribution in [1.29, 1.82) is 0 Å². The molecule has 7 heteroatoms. The Morgan fingerprint density at radius 3 is 2.45 bits per heavy atom. The van der Waals surface area contributed by atoms with Crippen LogP contribution in [0, 0.1) is 0 Å². The summed E-state index contributed by atoms with van der Waals surface area (Å²) in [5.74, 6) is 0. The topological polar surface area (TPSA) is 68.2 Å². The molecule has 1 N–H and O–H groups in total. The van der Waals surface area contributed by atoms with Crippen molar-refractivity contribution in [2.24, 2.45) is 0 Å². The van der Waals surface area contributed by atoms with E-state index in [0.717, 1.165) is 5.47 Å². The van der Waals surface area contributed by atoms with Gasteiger partial charge in [0.25, 0.3) is 0 Å². The average molecular weight is 283 g/mol. The fourth-order valence-corrected chi connectivity index (χ4v) is 2.37. The summed E-state index contributed by atoms with van der Waals surface area (Å²) in [6.07, 6.45) is 0.912. The van der Waals surface area contributed by atoms with Gasteiger partial charge in [-0.3, -0.25) is 4.90 Å². The summed E-state index contributed by atoms with van der Waals surface area (Å²) in [6.45, 7) is 8.53. The molecule has 1 unspecified atom stereocenters. The molecule has 0 bridgehead atoms. The number of carboxylic acid groups (broad SMARTS) is 1. The quantitative estimate of drug-likeness (QED) is 0.796. The summed E-state index contributed by atoms with van der Waals surface area (Å²) in [5.41, 5.74) is -0.00857. The van der Waals surface area contributed by atoms with Gasteiger partial charge in [0.1, 0.15) is 0 Å². The summed E-state index contributed by atoms with van der Waals surface area (Å²) in [5, 5.41) is 9.23. The van der Waals surface area contributed by atoms with E-state index in [4.69, 9.17) is 14.0 Å². The van der Waals surface area contributed by atoms with Crippen molar-refractivity contribution in [3.05, 3.63) is 11.5 Å². The highest BCUT2D eigenvalue weighted by atomic mass is 16.7. The van der Waals surface area contributed by atoms with E-state index in [9.17, 15) is 9.90 Å². The number of rotatable bonds is 3. The van der Waals surface area contributed by atoms with Gasteiger partial charge in [-0.25, -0.2) is 4.79 Å². The first-order valence-electron chi connectivity index (χ1n) is 6.72. The summed E-state index contributed by atoms with van der Waals surface area (Å²) < 4.78 is 17.0. The van der Waals surface area contributed by atoms with E-state index in [2.05, 4.69) is 0 Å². The molecule has 2 rings (SSSR count). The van der Waals surface area contributed by atoms with E-state index < -0.39 is 24.4 Å². The third-order valence-electron chi connectivity index (χ3n) is 4.30. The van der Waals surface area contributed by atoms with E-state index in [1.165, 1.54) is 4.90 Å². The Hall–Kier alpha value is -1.05. The van der Waals surface area contributed by atoms with E-state index in [1.807, 2.05) is 33.8 Å². The van der Waals surface area contributed by atoms with Gasteiger partial charge in [0.2, 0.25) is 0 Å². The average Bonchev–Trinajstić information content (AvgIpc) is 2.80. The van der Waals surface area contributed by atoms with Crippen LogP contribution in [-0.4, -0.2) is 60.7 Å². The van der Waals surface area contributed by atoms with Crippen molar-refractivity contribution in [2.45, 2.75) is 44.9 Å². The largest absolute Gasteiger partial charge is 0.492 e. The first-order chi connectivity index (χ1) is 9.18. The molecule has 1 atom stereocenters. The monoisotopic (exact) mass is 283 g/mol. The molecule has 0 aromatic rings. The van der Waals surface area contributed by atoms with Gasteiger partial charge < -0.3 is 19.2 Å². The normalized spacial score (nSPS) is 27.9. The highest BCUT2D eigenvalue weighted by Crippen LogP contribution is 2.39. The van der Waals surface area contributed by atoms with Crippen LogP contribution in [0.25, 0.3) is 0 Å².